The molecule has 1 rings (SSSR count). The molecule has 0 saturated carbocycles. The lowest BCUT2D eigenvalue weighted by Gasteiger charge is -2.08. The van der Waals surface area contributed by atoms with Crippen LogP contribution < -0.4 is 5.73 Å². The molecule has 0 aliphatic rings. The van der Waals surface area contributed by atoms with Crippen LogP contribution in [0.3, 0.4) is 0 Å². The molecule has 0 radical (unpaired) electrons. The Bertz CT molecular complexity index is 349. The van der Waals surface area contributed by atoms with Crippen LogP contribution in [0.25, 0.3) is 0 Å². The molecule has 0 heterocycles. The highest BCUT2D eigenvalue weighted by molar-refractivity contribution is 7.80. The fourth-order valence-corrected chi connectivity index (χ4v) is 1.46. The molecule has 3 heteroatoms. The number of nitrogens with two attached hydrogens (primary N) is 1. The lowest BCUT2D eigenvalue weighted by Crippen LogP contribution is -2.10. The van der Waals surface area contributed by atoms with Gasteiger partial charge in [0.05, 0.1) is 6.61 Å². The van der Waals surface area contributed by atoms with Crippen molar-refractivity contribution in [3.05, 3.63) is 34.9 Å². The molecule has 0 atom stereocenters. The number of rotatable bonds is 5. The Hall–Kier alpha value is -0.930. The van der Waals surface area contributed by atoms with Crippen molar-refractivity contribution in [2.75, 3.05) is 6.61 Å². The average Bonchev–Trinajstić information content (AvgIpc) is 2.20. The zero-order valence-electron chi connectivity index (χ0n) is 9.25. The van der Waals surface area contributed by atoms with E-state index in [1.54, 1.807) is 0 Å². The molecule has 1 aromatic carbocycles. The molecule has 2 N–H and O–H groups in total. The van der Waals surface area contributed by atoms with Gasteiger partial charge in [-0.3, -0.25) is 0 Å². The van der Waals surface area contributed by atoms with Gasteiger partial charge < -0.3 is 10.5 Å². The van der Waals surface area contributed by atoms with Crippen LogP contribution in [0.1, 0.15) is 30.0 Å². The van der Waals surface area contributed by atoms with Gasteiger partial charge in [0, 0.05) is 12.2 Å². The molecule has 0 aliphatic carbocycles. The smallest absolute Gasteiger partial charge is 0.103 e. The van der Waals surface area contributed by atoms with E-state index >= 15 is 0 Å². The molecule has 0 saturated heterocycles. The van der Waals surface area contributed by atoms with Crippen molar-refractivity contribution < 1.29 is 4.74 Å². The summed E-state index contributed by atoms with van der Waals surface area (Å²) in [6, 6.07) is 5.98. The quantitative estimate of drug-likeness (QED) is 0.615. The molecular formula is C12H17NOS. The summed E-state index contributed by atoms with van der Waals surface area (Å²) in [6.07, 6.45) is 1.05. The highest BCUT2D eigenvalue weighted by Crippen LogP contribution is 2.12. The average molecular weight is 223 g/mol. The van der Waals surface area contributed by atoms with Gasteiger partial charge in [0.1, 0.15) is 4.99 Å². The van der Waals surface area contributed by atoms with Crippen LogP contribution in [0.2, 0.25) is 0 Å². The maximum atomic E-state index is 5.55. The van der Waals surface area contributed by atoms with E-state index in [1.165, 1.54) is 11.1 Å². The van der Waals surface area contributed by atoms with Crippen LogP contribution in [0, 0.1) is 6.92 Å². The second-order valence-electron chi connectivity index (χ2n) is 3.56. The lowest BCUT2D eigenvalue weighted by molar-refractivity contribution is 0.121. The first-order chi connectivity index (χ1) is 7.15. The first kappa shape index (κ1) is 12.1. The monoisotopic (exact) mass is 223 g/mol. The fourth-order valence-electron chi connectivity index (χ4n) is 1.34. The molecule has 0 unspecified atom stereocenters. The van der Waals surface area contributed by atoms with Gasteiger partial charge in [-0.05, 0) is 30.5 Å². The molecule has 0 aromatic heterocycles. The summed E-state index contributed by atoms with van der Waals surface area (Å²) < 4.78 is 5.49. The minimum atomic E-state index is 0.444. The van der Waals surface area contributed by atoms with Gasteiger partial charge in [-0.25, -0.2) is 0 Å². The lowest BCUT2D eigenvalue weighted by atomic mass is 10.1. The summed E-state index contributed by atoms with van der Waals surface area (Å²) in [7, 11) is 0. The summed E-state index contributed by atoms with van der Waals surface area (Å²) in [5, 5.41) is 0. The van der Waals surface area contributed by atoms with Gasteiger partial charge in [-0.15, -0.1) is 0 Å². The van der Waals surface area contributed by atoms with Crippen LogP contribution in [-0.4, -0.2) is 11.6 Å². The predicted octanol–water partition coefficient (Wildman–Crippen LogP) is 2.56. The topological polar surface area (TPSA) is 35.2 Å². The van der Waals surface area contributed by atoms with E-state index in [1.807, 2.05) is 25.1 Å². The maximum Gasteiger partial charge on any atom is 0.103 e. The second kappa shape index (κ2) is 5.83. The van der Waals surface area contributed by atoms with E-state index in [4.69, 9.17) is 22.7 Å². The molecule has 1 aromatic rings. The number of thiocarbonyl (C=S) groups is 1. The van der Waals surface area contributed by atoms with Crippen LogP contribution in [0.15, 0.2) is 18.2 Å². The molecule has 0 bridgehead atoms. The minimum Gasteiger partial charge on any atom is -0.389 e. The Morgan fingerprint density at radius 2 is 2.20 bits per heavy atom. The number of hydrogen-bond acceptors (Lipinski definition) is 2. The van der Waals surface area contributed by atoms with Crippen molar-refractivity contribution in [3.63, 3.8) is 0 Å². The van der Waals surface area contributed by atoms with Crippen molar-refractivity contribution in [1.82, 2.24) is 0 Å². The van der Waals surface area contributed by atoms with Crippen LogP contribution in [0.5, 0.6) is 0 Å². The van der Waals surface area contributed by atoms with Gasteiger partial charge >= 0.3 is 0 Å². The molecule has 0 fully saturated rings. The largest absolute Gasteiger partial charge is 0.389 e. The van der Waals surface area contributed by atoms with Crippen LogP contribution in [0.4, 0.5) is 0 Å². The van der Waals surface area contributed by atoms with Gasteiger partial charge in [0.15, 0.2) is 0 Å². The van der Waals surface area contributed by atoms with Crippen molar-refractivity contribution in [1.29, 1.82) is 0 Å². The Balaban J connectivity index is 2.70. The van der Waals surface area contributed by atoms with E-state index in [0.29, 0.717) is 11.6 Å². The minimum absolute atomic E-state index is 0.444. The fraction of sp³-hybridized carbons (Fsp3) is 0.417. The standard InChI is InChI=1S/C12H17NOS/c1-3-6-14-8-11-5-4-10(12(13)15)7-9(11)2/h4-5,7H,3,6,8H2,1-2H3,(H2,13,15). The highest BCUT2D eigenvalue weighted by Gasteiger charge is 2.01. The highest BCUT2D eigenvalue weighted by atomic mass is 32.1. The molecule has 0 aliphatic heterocycles. The van der Waals surface area contributed by atoms with Crippen molar-refractivity contribution in [2.24, 2.45) is 5.73 Å². The van der Waals surface area contributed by atoms with Gasteiger partial charge in [-0.1, -0.05) is 31.3 Å². The SMILES string of the molecule is CCCOCc1ccc(C(N)=S)cc1C. The van der Waals surface area contributed by atoms with Crippen LogP contribution >= 0.6 is 12.2 Å². The van der Waals surface area contributed by atoms with Gasteiger partial charge in [-0.2, -0.15) is 0 Å². The van der Waals surface area contributed by atoms with E-state index in [-0.39, 0.29) is 0 Å². The first-order valence-electron chi connectivity index (χ1n) is 5.12. The number of ether oxygens (including phenoxy) is 1. The summed E-state index contributed by atoms with van der Waals surface area (Å²) in [6.45, 7) is 5.61. The molecule has 2 nitrogen and oxygen atoms in total. The Morgan fingerprint density at radius 1 is 1.47 bits per heavy atom. The summed E-state index contributed by atoms with van der Waals surface area (Å²) in [4.78, 5) is 0.444. The zero-order chi connectivity index (χ0) is 11.3. The number of hydrogen-bond donors (Lipinski definition) is 1. The van der Waals surface area contributed by atoms with Crippen molar-refractivity contribution >= 4 is 17.2 Å². The molecule has 82 valence electrons. The third-order valence-corrected chi connectivity index (χ3v) is 2.47. The normalized spacial score (nSPS) is 10.3. The molecule has 15 heavy (non-hydrogen) atoms. The van der Waals surface area contributed by atoms with Crippen LogP contribution in [-0.2, 0) is 11.3 Å². The Labute approximate surface area is 96.4 Å². The van der Waals surface area contributed by atoms with E-state index < -0.39 is 0 Å². The third kappa shape index (κ3) is 3.61. The molecule has 0 spiro atoms. The van der Waals surface area contributed by atoms with E-state index in [2.05, 4.69) is 6.92 Å². The Morgan fingerprint density at radius 3 is 2.73 bits per heavy atom. The summed E-state index contributed by atoms with van der Waals surface area (Å²) in [5.41, 5.74) is 8.85. The maximum absolute atomic E-state index is 5.55. The summed E-state index contributed by atoms with van der Waals surface area (Å²) >= 11 is 4.92. The van der Waals surface area contributed by atoms with Gasteiger partial charge in [0.25, 0.3) is 0 Å². The predicted molar refractivity (Wildman–Crippen MR) is 67.0 cm³/mol. The number of benzene rings is 1. The van der Waals surface area contributed by atoms with Crippen molar-refractivity contribution in [2.45, 2.75) is 26.9 Å². The third-order valence-electron chi connectivity index (χ3n) is 2.23. The van der Waals surface area contributed by atoms with Crippen molar-refractivity contribution in [3.8, 4) is 0 Å². The molecular weight excluding hydrogens is 206 g/mol. The van der Waals surface area contributed by atoms with Gasteiger partial charge in [0.2, 0.25) is 0 Å². The molecule has 0 amide bonds. The Kier molecular flexibility index (Phi) is 4.72. The van der Waals surface area contributed by atoms with E-state index in [0.717, 1.165) is 18.6 Å². The zero-order valence-corrected chi connectivity index (χ0v) is 10.1. The number of aryl methyl sites for hydroxylation is 1. The van der Waals surface area contributed by atoms with E-state index in [9.17, 15) is 0 Å². The second-order valence-corrected chi connectivity index (χ2v) is 4.00. The first-order valence-corrected chi connectivity index (χ1v) is 5.53. The summed E-state index contributed by atoms with van der Waals surface area (Å²) in [5.74, 6) is 0.